The average Bonchev–Trinajstić information content (AvgIpc) is 2.88. The molecule has 1 amide bonds. The van der Waals surface area contributed by atoms with E-state index in [1.54, 1.807) is 0 Å². The maximum absolute atomic E-state index is 13.1. The third kappa shape index (κ3) is 5.46. The SMILES string of the molecule is CC1CN(C(=O)Cc2ccccc2)c2ccc(-c3ccc(C4CCC(CC(=O)O)CC4)cc3)cc2O1. The van der Waals surface area contributed by atoms with E-state index in [9.17, 15) is 9.59 Å². The molecule has 36 heavy (non-hydrogen) atoms. The van der Waals surface area contributed by atoms with Crippen molar-refractivity contribution in [2.45, 2.75) is 57.5 Å². The van der Waals surface area contributed by atoms with Crippen LogP contribution < -0.4 is 9.64 Å². The van der Waals surface area contributed by atoms with Gasteiger partial charge in [-0.2, -0.15) is 0 Å². The number of nitrogens with zero attached hydrogens (tertiary/aromatic N) is 1. The van der Waals surface area contributed by atoms with Crippen LogP contribution in [0.15, 0.2) is 72.8 Å². The van der Waals surface area contributed by atoms with Crippen LogP contribution in [0.3, 0.4) is 0 Å². The lowest BCUT2D eigenvalue weighted by Crippen LogP contribution is -2.43. The third-order valence-corrected chi connectivity index (χ3v) is 7.54. The number of hydrogen-bond acceptors (Lipinski definition) is 3. The fourth-order valence-corrected chi connectivity index (χ4v) is 5.62. The zero-order valence-electron chi connectivity index (χ0n) is 20.7. The number of amides is 1. The lowest BCUT2D eigenvalue weighted by atomic mass is 9.77. The summed E-state index contributed by atoms with van der Waals surface area (Å²) in [5.74, 6) is 0.951. The molecule has 5 rings (SSSR count). The first-order chi connectivity index (χ1) is 17.5. The molecule has 1 unspecified atom stereocenters. The predicted molar refractivity (Wildman–Crippen MR) is 141 cm³/mol. The van der Waals surface area contributed by atoms with Gasteiger partial charge in [-0.05, 0) is 78.8 Å². The van der Waals surface area contributed by atoms with E-state index in [0.29, 0.717) is 31.2 Å². The van der Waals surface area contributed by atoms with Crippen molar-refractivity contribution in [2.75, 3.05) is 11.4 Å². The van der Waals surface area contributed by atoms with Crippen LogP contribution in [0.1, 0.15) is 56.1 Å². The summed E-state index contributed by atoms with van der Waals surface area (Å²) in [4.78, 5) is 26.0. The number of carbonyl (C=O) groups is 2. The van der Waals surface area contributed by atoms with E-state index in [2.05, 4.69) is 30.3 Å². The zero-order chi connectivity index (χ0) is 25.1. The third-order valence-electron chi connectivity index (χ3n) is 7.54. The van der Waals surface area contributed by atoms with Gasteiger partial charge in [0.05, 0.1) is 18.7 Å². The average molecular weight is 484 g/mol. The highest BCUT2D eigenvalue weighted by Gasteiger charge is 2.28. The second-order valence-corrected chi connectivity index (χ2v) is 10.2. The Morgan fingerprint density at radius 3 is 2.31 bits per heavy atom. The van der Waals surface area contributed by atoms with Gasteiger partial charge in [0.2, 0.25) is 5.91 Å². The zero-order valence-corrected chi connectivity index (χ0v) is 20.7. The van der Waals surface area contributed by atoms with E-state index < -0.39 is 5.97 Å². The molecular formula is C31H33NO4. The smallest absolute Gasteiger partial charge is 0.303 e. The van der Waals surface area contributed by atoms with E-state index >= 15 is 0 Å². The first-order valence-electron chi connectivity index (χ1n) is 12.9. The van der Waals surface area contributed by atoms with Gasteiger partial charge in [-0.1, -0.05) is 60.7 Å². The van der Waals surface area contributed by atoms with Crippen LogP contribution in [-0.4, -0.2) is 29.6 Å². The number of aliphatic carboxylic acids is 1. The minimum absolute atomic E-state index is 0.0766. The van der Waals surface area contributed by atoms with Crippen LogP contribution >= 0.6 is 0 Å². The number of fused-ring (bicyclic) bond motifs is 1. The second-order valence-electron chi connectivity index (χ2n) is 10.2. The highest BCUT2D eigenvalue weighted by Crippen LogP contribution is 2.40. The molecule has 1 heterocycles. The number of rotatable bonds is 6. The summed E-state index contributed by atoms with van der Waals surface area (Å²) in [7, 11) is 0. The van der Waals surface area contributed by atoms with Crippen LogP contribution in [0.5, 0.6) is 5.75 Å². The molecule has 0 spiro atoms. The van der Waals surface area contributed by atoms with Gasteiger partial charge in [-0.25, -0.2) is 0 Å². The maximum atomic E-state index is 13.1. The summed E-state index contributed by atoms with van der Waals surface area (Å²) in [6, 6.07) is 24.7. The molecule has 3 aromatic rings. The molecule has 186 valence electrons. The Hall–Kier alpha value is -3.60. The quantitative estimate of drug-likeness (QED) is 0.437. The number of hydrogen-bond donors (Lipinski definition) is 1. The Kier molecular flexibility index (Phi) is 7.08. The lowest BCUT2D eigenvalue weighted by Gasteiger charge is -2.34. The fraction of sp³-hybridized carbons (Fsp3) is 0.355. The molecule has 0 saturated heterocycles. The van der Waals surface area contributed by atoms with Crippen LogP contribution in [0.25, 0.3) is 11.1 Å². The molecular weight excluding hydrogens is 450 g/mol. The van der Waals surface area contributed by atoms with Gasteiger partial charge < -0.3 is 14.7 Å². The van der Waals surface area contributed by atoms with Crippen molar-refractivity contribution in [3.05, 3.63) is 83.9 Å². The molecule has 5 nitrogen and oxygen atoms in total. The van der Waals surface area contributed by atoms with Crippen LogP contribution in [-0.2, 0) is 16.0 Å². The van der Waals surface area contributed by atoms with Crippen molar-refractivity contribution < 1.29 is 19.4 Å². The standard InChI is InChI=1S/C31H33NO4/c1-21-20-32(30(33)17-22-5-3-2-4-6-22)28-16-15-27(19-29(28)36-21)26-13-11-25(12-14-26)24-9-7-23(8-10-24)18-31(34)35/h2-6,11-16,19,21,23-24H,7-10,17-18,20H2,1H3,(H,34,35). The second kappa shape index (κ2) is 10.6. The van der Waals surface area contributed by atoms with Gasteiger partial charge in [0, 0.05) is 6.42 Å². The highest BCUT2D eigenvalue weighted by atomic mass is 16.5. The molecule has 5 heteroatoms. The number of benzene rings is 3. The number of carboxylic acid groups (broad SMARTS) is 1. The van der Waals surface area contributed by atoms with Gasteiger partial charge in [-0.3, -0.25) is 9.59 Å². The Balaban J connectivity index is 1.29. The molecule has 0 radical (unpaired) electrons. The highest BCUT2D eigenvalue weighted by molar-refractivity contribution is 5.97. The summed E-state index contributed by atoms with van der Waals surface area (Å²) < 4.78 is 6.15. The van der Waals surface area contributed by atoms with E-state index in [1.807, 2.05) is 54.3 Å². The first-order valence-corrected chi connectivity index (χ1v) is 12.9. The molecule has 1 N–H and O–H groups in total. The Morgan fingerprint density at radius 1 is 0.917 bits per heavy atom. The number of carbonyl (C=O) groups excluding carboxylic acids is 1. The molecule has 2 aliphatic rings. The normalized spacial score (nSPS) is 21.4. The van der Waals surface area contributed by atoms with E-state index in [4.69, 9.17) is 9.84 Å². The van der Waals surface area contributed by atoms with Gasteiger partial charge >= 0.3 is 5.97 Å². The van der Waals surface area contributed by atoms with Crippen molar-refractivity contribution in [3.63, 3.8) is 0 Å². The predicted octanol–water partition coefficient (Wildman–Crippen LogP) is 6.46. The molecule has 0 bridgehead atoms. The van der Waals surface area contributed by atoms with Gasteiger partial charge in [0.1, 0.15) is 11.9 Å². The fourth-order valence-electron chi connectivity index (χ4n) is 5.62. The molecule has 0 aromatic heterocycles. The Morgan fingerprint density at radius 2 is 1.61 bits per heavy atom. The lowest BCUT2D eigenvalue weighted by molar-refractivity contribution is -0.138. The van der Waals surface area contributed by atoms with E-state index in [0.717, 1.165) is 53.8 Å². The van der Waals surface area contributed by atoms with Crippen molar-refractivity contribution in [3.8, 4) is 16.9 Å². The number of carboxylic acids is 1. The van der Waals surface area contributed by atoms with E-state index in [1.165, 1.54) is 5.56 Å². The van der Waals surface area contributed by atoms with Crippen molar-refractivity contribution in [2.24, 2.45) is 5.92 Å². The first kappa shape index (κ1) is 24.1. The Bertz CT molecular complexity index is 1210. The Labute approximate surface area is 212 Å². The molecule has 1 atom stereocenters. The summed E-state index contributed by atoms with van der Waals surface area (Å²) in [5.41, 5.74) is 5.34. The molecule has 1 aliphatic heterocycles. The van der Waals surface area contributed by atoms with Crippen molar-refractivity contribution in [1.82, 2.24) is 0 Å². The van der Waals surface area contributed by atoms with Crippen LogP contribution in [0.2, 0.25) is 0 Å². The van der Waals surface area contributed by atoms with Crippen molar-refractivity contribution >= 4 is 17.6 Å². The molecule has 1 aliphatic carbocycles. The number of ether oxygens (including phenoxy) is 1. The van der Waals surface area contributed by atoms with Crippen LogP contribution in [0, 0.1) is 5.92 Å². The van der Waals surface area contributed by atoms with Crippen molar-refractivity contribution in [1.29, 1.82) is 0 Å². The largest absolute Gasteiger partial charge is 0.487 e. The molecule has 1 fully saturated rings. The summed E-state index contributed by atoms with van der Waals surface area (Å²) >= 11 is 0. The monoisotopic (exact) mass is 483 g/mol. The molecule has 1 saturated carbocycles. The van der Waals surface area contributed by atoms with Gasteiger partial charge in [-0.15, -0.1) is 0 Å². The summed E-state index contributed by atoms with van der Waals surface area (Å²) in [5, 5.41) is 9.05. The van der Waals surface area contributed by atoms with Crippen LogP contribution in [0.4, 0.5) is 5.69 Å². The molecule has 3 aromatic carbocycles. The summed E-state index contributed by atoms with van der Waals surface area (Å²) in [6.07, 6.45) is 4.65. The van der Waals surface area contributed by atoms with Gasteiger partial charge in [0.25, 0.3) is 0 Å². The topological polar surface area (TPSA) is 66.8 Å². The summed E-state index contributed by atoms with van der Waals surface area (Å²) in [6.45, 7) is 2.54. The van der Waals surface area contributed by atoms with Gasteiger partial charge in [0.15, 0.2) is 0 Å². The minimum Gasteiger partial charge on any atom is -0.487 e. The van der Waals surface area contributed by atoms with E-state index in [-0.39, 0.29) is 12.0 Å². The maximum Gasteiger partial charge on any atom is 0.303 e. The number of anilines is 1. The minimum atomic E-state index is -0.685.